The Bertz CT molecular complexity index is 487. The lowest BCUT2D eigenvalue weighted by Crippen LogP contribution is -2.08. The first-order valence-electron chi connectivity index (χ1n) is 4.26. The van der Waals surface area contributed by atoms with Gasteiger partial charge in [0, 0.05) is 6.20 Å². The summed E-state index contributed by atoms with van der Waals surface area (Å²) in [4.78, 5) is 3.83. The van der Waals surface area contributed by atoms with Crippen LogP contribution in [0.1, 0.15) is 11.4 Å². The Balaban J connectivity index is 2.73. The first-order chi connectivity index (χ1) is 7.04. The smallest absolute Gasteiger partial charge is 0.324 e. The molecule has 0 aliphatic heterocycles. The summed E-state index contributed by atoms with van der Waals surface area (Å²) in [6.07, 6.45) is -1.67. The molecule has 0 fully saturated rings. The van der Waals surface area contributed by atoms with Crippen molar-refractivity contribution in [3.05, 3.63) is 35.9 Å². The maximum absolute atomic E-state index is 12.6. The molecule has 0 amide bonds. The van der Waals surface area contributed by atoms with Gasteiger partial charge in [-0.1, -0.05) is 0 Å². The molecule has 2 rings (SSSR count). The Morgan fingerprint density at radius 1 is 1.40 bits per heavy atom. The van der Waals surface area contributed by atoms with Crippen LogP contribution in [-0.4, -0.2) is 9.38 Å². The summed E-state index contributed by atoms with van der Waals surface area (Å²) in [6.45, 7) is 0.107. The van der Waals surface area contributed by atoms with Crippen LogP contribution in [0.15, 0.2) is 24.5 Å². The van der Waals surface area contributed by atoms with Crippen molar-refractivity contribution in [2.24, 2.45) is 5.73 Å². The number of nitrogens with two attached hydrogens (primary N) is 1. The number of hydrogen-bond acceptors (Lipinski definition) is 2. The van der Waals surface area contributed by atoms with Crippen molar-refractivity contribution in [3.8, 4) is 0 Å². The van der Waals surface area contributed by atoms with Crippen LogP contribution in [-0.2, 0) is 12.7 Å². The van der Waals surface area contributed by atoms with Crippen LogP contribution in [0, 0.1) is 0 Å². The molecule has 6 heteroatoms. The van der Waals surface area contributed by atoms with Gasteiger partial charge in [0.05, 0.1) is 23.8 Å². The summed E-state index contributed by atoms with van der Waals surface area (Å²) in [5, 5.41) is 0. The highest BCUT2D eigenvalue weighted by molar-refractivity contribution is 5.55. The van der Waals surface area contributed by atoms with Crippen LogP contribution < -0.4 is 5.73 Å². The molecule has 0 saturated heterocycles. The molecule has 2 aromatic rings. The molecule has 3 nitrogen and oxygen atoms in total. The van der Waals surface area contributed by atoms with Crippen LogP contribution in [0.3, 0.4) is 0 Å². The summed E-state index contributed by atoms with van der Waals surface area (Å²) in [6, 6.07) is 2.36. The minimum atomic E-state index is -4.37. The topological polar surface area (TPSA) is 43.3 Å². The normalized spacial score (nSPS) is 12.3. The lowest BCUT2D eigenvalue weighted by atomic mass is 10.2. The van der Waals surface area contributed by atoms with Gasteiger partial charge in [-0.25, -0.2) is 4.98 Å². The van der Waals surface area contributed by atoms with Crippen LogP contribution in [0.25, 0.3) is 5.52 Å². The van der Waals surface area contributed by atoms with E-state index in [4.69, 9.17) is 5.73 Å². The molecule has 0 atom stereocenters. The van der Waals surface area contributed by atoms with Gasteiger partial charge in [0.25, 0.3) is 0 Å². The molecule has 0 saturated carbocycles. The van der Waals surface area contributed by atoms with E-state index in [9.17, 15) is 13.2 Å². The van der Waals surface area contributed by atoms with Gasteiger partial charge in [-0.15, -0.1) is 0 Å². The second-order valence-corrected chi connectivity index (χ2v) is 3.05. The molecule has 2 N–H and O–H groups in total. The van der Waals surface area contributed by atoms with Crippen LogP contribution in [0.2, 0.25) is 0 Å². The maximum Gasteiger partial charge on any atom is 0.418 e. The molecule has 0 aliphatic carbocycles. The van der Waals surface area contributed by atoms with Crippen LogP contribution in [0.4, 0.5) is 13.2 Å². The quantitative estimate of drug-likeness (QED) is 0.788. The van der Waals surface area contributed by atoms with E-state index >= 15 is 0 Å². The summed E-state index contributed by atoms with van der Waals surface area (Å²) < 4.78 is 39.0. The summed E-state index contributed by atoms with van der Waals surface area (Å²) >= 11 is 0. The van der Waals surface area contributed by atoms with Gasteiger partial charge in [0.15, 0.2) is 0 Å². The number of halogens is 3. The number of pyridine rings is 1. The second kappa shape index (κ2) is 3.23. The first kappa shape index (κ1) is 9.97. The Morgan fingerprint density at radius 2 is 2.13 bits per heavy atom. The van der Waals surface area contributed by atoms with Gasteiger partial charge in [0.2, 0.25) is 0 Å². The highest BCUT2D eigenvalue weighted by Gasteiger charge is 2.33. The molecule has 0 unspecified atom stereocenters. The molecule has 2 heterocycles. The number of hydrogen-bond donors (Lipinski definition) is 1. The van der Waals surface area contributed by atoms with Crippen molar-refractivity contribution < 1.29 is 13.2 Å². The monoisotopic (exact) mass is 215 g/mol. The minimum Gasteiger partial charge on any atom is -0.324 e. The zero-order chi connectivity index (χ0) is 11.1. The van der Waals surface area contributed by atoms with Crippen molar-refractivity contribution in [2.45, 2.75) is 12.7 Å². The lowest BCUT2D eigenvalue weighted by Gasteiger charge is -2.08. The van der Waals surface area contributed by atoms with Crippen LogP contribution >= 0.6 is 0 Å². The number of fused-ring (bicyclic) bond motifs is 1. The van der Waals surface area contributed by atoms with Crippen molar-refractivity contribution in [3.63, 3.8) is 0 Å². The number of aromatic nitrogens is 2. The third-order valence-corrected chi connectivity index (χ3v) is 2.14. The first-order valence-corrected chi connectivity index (χ1v) is 4.26. The van der Waals surface area contributed by atoms with E-state index in [1.165, 1.54) is 22.9 Å². The van der Waals surface area contributed by atoms with Crippen molar-refractivity contribution >= 4 is 5.52 Å². The molecule has 80 valence electrons. The van der Waals surface area contributed by atoms with E-state index in [0.29, 0.717) is 5.82 Å². The van der Waals surface area contributed by atoms with E-state index in [-0.39, 0.29) is 12.1 Å². The lowest BCUT2D eigenvalue weighted by molar-refractivity contribution is -0.136. The third kappa shape index (κ3) is 1.56. The van der Waals surface area contributed by atoms with Crippen molar-refractivity contribution in [2.75, 3.05) is 0 Å². The predicted octanol–water partition coefficient (Wildman–Crippen LogP) is 1.81. The van der Waals surface area contributed by atoms with Crippen LogP contribution in [0.5, 0.6) is 0 Å². The second-order valence-electron chi connectivity index (χ2n) is 3.05. The van der Waals surface area contributed by atoms with E-state index < -0.39 is 11.7 Å². The van der Waals surface area contributed by atoms with Gasteiger partial charge >= 0.3 is 6.18 Å². The number of alkyl halides is 3. The molecule has 0 bridgehead atoms. The van der Waals surface area contributed by atoms with Gasteiger partial charge in [-0.2, -0.15) is 13.2 Å². The fourth-order valence-corrected chi connectivity index (χ4v) is 1.47. The number of nitrogens with zero attached hydrogens (tertiary/aromatic N) is 2. The highest BCUT2D eigenvalue weighted by atomic mass is 19.4. The Kier molecular flexibility index (Phi) is 2.15. The fraction of sp³-hybridized carbons (Fsp3) is 0.222. The largest absolute Gasteiger partial charge is 0.418 e. The molecular formula is C9H8F3N3. The van der Waals surface area contributed by atoms with Gasteiger partial charge in [-0.3, -0.25) is 0 Å². The minimum absolute atomic E-state index is 0.0328. The molecule has 0 aliphatic rings. The Labute approximate surface area is 83.3 Å². The fourth-order valence-electron chi connectivity index (χ4n) is 1.47. The summed E-state index contributed by atoms with van der Waals surface area (Å²) in [5.41, 5.74) is 4.69. The molecule has 15 heavy (non-hydrogen) atoms. The number of imidazole rings is 1. The molecule has 0 radical (unpaired) electrons. The molecule has 0 aromatic carbocycles. The van der Waals surface area contributed by atoms with Gasteiger partial charge in [0.1, 0.15) is 5.82 Å². The third-order valence-electron chi connectivity index (χ3n) is 2.14. The summed E-state index contributed by atoms with van der Waals surface area (Å²) in [7, 11) is 0. The average molecular weight is 215 g/mol. The zero-order valence-electron chi connectivity index (χ0n) is 7.62. The Hall–Kier alpha value is -1.56. The van der Waals surface area contributed by atoms with E-state index in [1.54, 1.807) is 0 Å². The average Bonchev–Trinajstić information content (AvgIpc) is 2.58. The molecule has 0 spiro atoms. The standard InChI is InChI=1S/C9H8F3N3/c10-9(11,12)6-2-1-3-15-7(6)5-14-8(15)4-13/h1-3,5H,4,13H2. The van der Waals surface area contributed by atoms with Crippen molar-refractivity contribution in [1.29, 1.82) is 0 Å². The predicted molar refractivity (Wildman–Crippen MR) is 48.1 cm³/mol. The van der Waals surface area contributed by atoms with E-state index in [2.05, 4.69) is 4.98 Å². The maximum atomic E-state index is 12.6. The SMILES string of the molecule is NCc1ncc2c(C(F)(F)F)cccn12. The molecular weight excluding hydrogens is 207 g/mol. The van der Waals surface area contributed by atoms with Crippen molar-refractivity contribution in [1.82, 2.24) is 9.38 Å². The highest BCUT2D eigenvalue weighted by Crippen LogP contribution is 2.32. The van der Waals surface area contributed by atoms with E-state index in [0.717, 1.165) is 6.07 Å². The number of rotatable bonds is 1. The Morgan fingerprint density at radius 3 is 2.73 bits per heavy atom. The van der Waals surface area contributed by atoms with Gasteiger partial charge in [-0.05, 0) is 12.1 Å². The zero-order valence-corrected chi connectivity index (χ0v) is 7.62. The van der Waals surface area contributed by atoms with Gasteiger partial charge < -0.3 is 10.1 Å². The van der Waals surface area contributed by atoms with E-state index in [1.807, 2.05) is 0 Å². The summed E-state index contributed by atoms with van der Waals surface area (Å²) in [5.74, 6) is 0.413. The molecule has 2 aromatic heterocycles.